The number of hydrogen-bond donors (Lipinski definition) is 0. The molecule has 0 atom stereocenters. The van der Waals surface area contributed by atoms with Crippen molar-refractivity contribution in [3.8, 4) is 16.9 Å². The molecule has 0 unspecified atom stereocenters. The Morgan fingerprint density at radius 2 is 1.72 bits per heavy atom. The SMILES string of the molecule is CCOc1ccc(-c2c(C)sc3nc(Cl)nc(N(CC)c4ccccc4)c23)cc1. The van der Waals surface area contributed by atoms with Crippen molar-refractivity contribution in [3.05, 3.63) is 64.8 Å². The molecule has 6 heteroatoms. The summed E-state index contributed by atoms with van der Waals surface area (Å²) in [5.74, 6) is 1.70. The van der Waals surface area contributed by atoms with E-state index in [1.54, 1.807) is 11.3 Å². The molecule has 0 aliphatic heterocycles. The Hall–Kier alpha value is -2.63. The molecule has 0 radical (unpaired) electrons. The first kappa shape index (κ1) is 19.7. The van der Waals surface area contributed by atoms with Crippen molar-refractivity contribution in [2.24, 2.45) is 0 Å². The smallest absolute Gasteiger partial charge is 0.225 e. The lowest BCUT2D eigenvalue weighted by atomic mass is 10.0. The van der Waals surface area contributed by atoms with E-state index in [1.165, 1.54) is 4.88 Å². The Kier molecular flexibility index (Phi) is 5.69. The van der Waals surface area contributed by atoms with Crippen molar-refractivity contribution < 1.29 is 4.74 Å². The van der Waals surface area contributed by atoms with Crippen molar-refractivity contribution in [1.29, 1.82) is 0 Å². The minimum absolute atomic E-state index is 0.265. The van der Waals surface area contributed by atoms with Crippen LogP contribution in [0, 0.1) is 6.92 Å². The summed E-state index contributed by atoms with van der Waals surface area (Å²) >= 11 is 7.96. The molecule has 4 aromatic rings. The molecule has 0 fully saturated rings. The van der Waals surface area contributed by atoms with Gasteiger partial charge in [-0.3, -0.25) is 0 Å². The molecule has 0 aliphatic carbocycles. The van der Waals surface area contributed by atoms with E-state index < -0.39 is 0 Å². The number of halogens is 1. The minimum Gasteiger partial charge on any atom is -0.494 e. The second-order valence-electron chi connectivity index (χ2n) is 6.57. The number of thiophene rings is 1. The number of aryl methyl sites for hydroxylation is 1. The number of aromatic nitrogens is 2. The van der Waals surface area contributed by atoms with Gasteiger partial charge in [-0.15, -0.1) is 11.3 Å². The molecule has 2 aromatic heterocycles. The second-order valence-corrected chi connectivity index (χ2v) is 8.11. The van der Waals surface area contributed by atoms with Gasteiger partial charge in [0, 0.05) is 22.7 Å². The molecular weight excluding hydrogens is 402 g/mol. The summed E-state index contributed by atoms with van der Waals surface area (Å²) < 4.78 is 5.60. The maximum Gasteiger partial charge on any atom is 0.225 e. The van der Waals surface area contributed by atoms with Gasteiger partial charge in [0.05, 0.1) is 12.0 Å². The van der Waals surface area contributed by atoms with Gasteiger partial charge in [0.2, 0.25) is 5.28 Å². The number of benzene rings is 2. The lowest BCUT2D eigenvalue weighted by molar-refractivity contribution is 0.340. The first-order chi connectivity index (χ1) is 14.1. The summed E-state index contributed by atoms with van der Waals surface area (Å²) in [6.45, 7) is 7.64. The zero-order valence-electron chi connectivity index (χ0n) is 16.6. The zero-order chi connectivity index (χ0) is 20.4. The highest BCUT2D eigenvalue weighted by molar-refractivity contribution is 7.19. The van der Waals surface area contributed by atoms with Crippen molar-refractivity contribution in [1.82, 2.24) is 9.97 Å². The number of fused-ring (bicyclic) bond motifs is 1. The van der Waals surface area contributed by atoms with Crippen LogP contribution in [-0.2, 0) is 0 Å². The molecule has 2 aromatic carbocycles. The number of rotatable bonds is 6. The topological polar surface area (TPSA) is 38.3 Å². The van der Waals surface area contributed by atoms with Crippen molar-refractivity contribution in [3.63, 3.8) is 0 Å². The molecule has 0 saturated carbocycles. The first-order valence-electron chi connectivity index (χ1n) is 9.64. The summed E-state index contributed by atoms with van der Waals surface area (Å²) in [7, 11) is 0. The maximum atomic E-state index is 6.32. The van der Waals surface area contributed by atoms with Crippen LogP contribution in [-0.4, -0.2) is 23.1 Å². The first-order valence-corrected chi connectivity index (χ1v) is 10.8. The van der Waals surface area contributed by atoms with Gasteiger partial charge >= 0.3 is 0 Å². The third-order valence-electron chi connectivity index (χ3n) is 4.78. The third kappa shape index (κ3) is 3.80. The monoisotopic (exact) mass is 423 g/mol. The van der Waals surface area contributed by atoms with Gasteiger partial charge in [-0.05, 0) is 62.2 Å². The minimum atomic E-state index is 0.265. The molecular formula is C23H22ClN3OS. The fourth-order valence-corrected chi connectivity index (χ4v) is 4.81. The van der Waals surface area contributed by atoms with Crippen LogP contribution in [0.5, 0.6) is 5.75 Å². The van der Waals surface area contributed by atoms with Crippen LogP contribution in [0.3, 0.4) is 0 Å². The molecule has 0 N–H and O–H groups in total. The van der Waals surface area contributed by atoms with Crippen molar-refractivity contribution in [2.45, 2.75) is 20.8 Å². The molecule has 4 rings (SSSR count). The van der Waals surface area contributed by atoms with E-state index in [9.17, 15) is 0 Å². The molecule has 0 bridgehead atoms. The van der Waals surface area contributed by atoms with Crippen molar-refractivity contribution in [2.75, 3.05) is 18.1 Å². The van der Waals surface area contributed by atoms with Crippen LogP contribution in [0.1, 0.15) is 18.7 Å². The molecule has 0 aliphatic rings. The number of ether oxygens (including phenoxy) is 1. The average Bonchev–Trinajstić information content (AvgIpc) is 3.06. The fourth-order valence-electron chi connectivity index (χ4n) is 3.56. The predicted molar refractivity (Wildman–Crippen MR) is 123 cm³/mol. The molecule has 2 heterocycles. The summed E-state index contributed by atoms with van der Waals surface area (Å²) in [6, 6.07) is 18.4. The normalized spacial score (nSPS) is 11.0. The number of para-hydroxylation sites is 1. The van der Waals surface area contributed by atoms with E-state index in [0.717, 1.165) is 45.1 Å². The highest BCUT2D eigenvalue weighted by Gasteiger charge is 2.22. The number of anilines is 2. The van der Waals surface area contributed by atoms with Crippen LogP contribution in [0.15, 0.2) is 54.6 Å². The molecule has 0 spiro atoms. The van der Waals surface area contributed by atoms with Gasteiger partial charge in [-0.25, -0.2) is 4.98 Å². The summed E-state index contributed by atoms with van der Waals surface area (Å²) in [5.41, 5.74) is 3.34. The van der Waals surface area contributed by atoms with Gasteiger partial charge in [0.15, 0.2) is 0 Å². The molecule has 29 heavy (non-hydrogen) atoms. The molecule has 0 saturated heterocycles. The Labute approximate surface area is 179 Å². The summed E-state index contributed by atoms with van der Waals surface area (Å²) in [6.07, 6.45) is 0. The van der Waals surface area contributed by atoms with E-state index >= 15 is 0 Å². The second kappa shape index (κ2) is 8.39. The van der Waals surface area contributed by atoms with Gasteiger partial charge in [0.25, 0.3) is 0 Å². The lowest BCUT2D eigenvalue weighted by Crippen LogP contribution is -2.18. The summed E-state index contributed by atoms with van der Waals surface area (Å²) in [5, 5.41) is 1.30. The van der Waals surface area contributed by atoms with Gasteiger partial charge < -0.3 is 9.64 Å². The van der Waals surface area contributed by atoms with E-state index in [-0.39, 0.29) is 5.28 Å². The molecule has 148 valence electrons. The number of hydrogen-bond acceptors (Lipinski definition) is 5. The standard InChI is InChI=1S/C23H22ClN3OS/c1-4-27(17-9-7-6-8-10-17)21-20-19(15(3)29-22(20)26-23(24)25-21)16-11-13-18(14-12-16)28-5-2/h6-14H,4-5H2,1-3H3. The quantitative estimate of drug-likeness (QED) is 0.317. The van der Waals surface area contributed by atoms with Gasteiger partial charge in [0.1, 0.15) is 16.4 Å². The zero-order valence-corrected chi connectivity index (χ0v) is 18.2. The average molecular weight is 424 g/mol. The third-order valence-corrected chi connectivity index (χ3v) is 5.94. The Balaban J connectivity index is 1.93. The van der Waals surface area contributed by atoms with E-state index in [0.29, 0.717) is 6.61 Å². The van der Waals surface area contributed by atoms with Crippen LogP contribution in [0.2, 0.25) is 5.28 Å². The van der Waals surface area contributed by atoms with Gasteiger partial charge in [-0.2, -0.15) is 4.98 Å². The van der Waals surface area contributed by atoms with Crippen LogP contribution in [0.4, 0.5) is 11.5 Å². The van der Waals surface area contributed by atoms with Gasteiger partial charge in [-0.1, -0.05) is 30.3 Å². The van der Waals surface area contributed by atoms with Crippen LogP contribution >= 0.6 is 22.9 Å². The lowest BCUT2D eigenvalue weighted by Gasteiger charge is -2.23. The Morgan fingerprint density at radius 1 is 1.00 bits per heavy atom. The Bertz CT molecular complexity index is 1130. The van der Waals surface area contributed by atoms with Crippen LogP contribution in [0.25, 0.3) is 21.3 Å². The number of nitrogens with zero attached hydrogens (tertiary/aromatic N) is 3. The molecule has 0 amide bonds. The Morgan fingerprint density at radius 3 is 2.38 bits per heavy atom. The van der Waals surface area contributed by atoms with Crippen LogP contribution < -0.4 is 9.64 Å². The highest BCUT2D eigenvalue weighted by atomic mass is 35.5. The maximum absolute atomic E-state index is 6.32. The largest absolute Gasteiger partial charge is 0.494 e. The fraction of sp³-hybridized carbons (Fsp3) is 0.217. The molecule has 4 nitrogen and oxygen atoms in total. The predicted octanol–water partition coefficient (Wildman–Crippen LogP) is 6.88. The summed E-state index contributed by atoms with van der Waals surface area (Å²) in [4.78, 5) is 13.4. The van der Waals surface area contributed by atoms with E-state index in [4.69, 9.17) is 16.3 Å². The van der Waals surface area contributed by atoms with E-state index in [2.05, 4.69) is 53.0 Å². The van der Waals surface area contributed by atoms with E-state index in [1.807, 2.05) is 37.3 Å². The highest BCUT2D eigenvalue weighted by Crippen LogP contribution is 2.43. The van der Waals surface area contributed by atoms with Crippen molar-refractivity contribution >= 4 is 44.7 Å².